The first-order valence-electron chi connectivity index (χ1n) is 7.32. The molecule has 94 valence electrons. The Morgan fingerprint density at radius 2 is 1.65 bits per heavy atom. The lowest BCUT2D eigenvalue weighted by Gasteiger charge is -2.17. The Balaban J connectivity index is 2.01. The second-order valence-corrected chi connectivity index (χ2v) is 5.69. The van der Waals surface area contributed by atoms with E-state index in [1.807, 2.05) is 0 Å². The van der Waals surface area contributed by atoms with Crippen molar-refractivity contribution in [3.8, 4) is 0 Å². The second kappa shape index (κ2) is 6.23. The molecule has 2 aliphatic rings. The van der Waals surface area contributed by atoms with E-state index in [4.69, 9.17) is 0 Å². The van der Waals surface area contributed by atoms with Crippen molar-refractivity contribution in [2.75, 3.05) is 0 Å². The Bertz CT molecular complexity index is 341. The average Bonchev–Trinajstić information content (AvgIpc) is 2.53. The Labute approximate surface area is 106 Å². The van der Waals surface area contributed by atoms with Gasteiger partial charge in [0, 0.05) is 0 Å². The first-order valence-corrected chi connectivity index (χ1v) is 7.32. The Hall–Kier alpha value is -0.780. The molecule has 0 atom stereocenters. The third kappa shape index (κ3) is 3.59. The first kappa shape index (κ1) is 12.7. The van der Waals surface area contributed by atoms with Crippen molar-refractivity contribution >= 4 is 0 Å². The molecule has 0 saturated heterocycles. The van der Waals surface area contributed by atoms with Crippen molar-refractivity contribution in [1.82, 2.24) is 0 Å². The van der Waals surface area contributed by atoms with Gasteiger partial charge in [-0.3, -0.25) is 0 Å². The fraction of sp³-hybridized carbons (Fsp3) is 0.647. The van der Waals surface area contributed by atoms with Gasteiger partial charge in [0.2, 0.25) is 0 Å². The quantitative estimate of drug-likeness (QED) is 0.421. The molecular weight excluding hydrogens is 204 g/mol. The van der Waals surface area contributed by atoms with Crippen molar-refractivity contribution < 1.29 is 0 Å². The van der Waals surface area contributed by atoms with Crippen LogP contribution >= 0.6 is 0 Å². The van der Waals surface area contributed by atoms with Crippen LogP contribution in [0.15, 0.2) is 34.9 Å². The van der Waals surface area contributed by atoms with Gasteiger partial charge in [-0.15, -0.1) is 0 Å². The Kier molecular flexibility index (Phi) is 4.65. The summed E-state index contributed by atoms with van der Waals surface area (Å²) >= 11 is 0. The van der Waals surface area contributed by atoms with Gasteiger partial charge in [-0.2, -0.15) is 0 Å². The summed E-state index contributed by atoms with van der Waals surface area (Å²) in [6, 6.07) is 0. The molecule has 0 aromatic rings. The lowest BCUT2D eigenvalue weighted by atomic mass is 9.89. The summed E-state index contributed by atoms with van der Waals surface area (Å²) in [5.74, 6) is 0. The zero-order chi connectivity index (χ0) is 12.1. The molecule has 0 N–H and O–H groups in total. The minimum absolute atomic E-state index is 1.19. The van der Waals surface area contributed by atoms with E-state index in [0.29, 0.717) is 0 Å². The average molecular weight is 230 g/mol. The van der Waals surface area contributed by atoms with Crippen molar-refractivity contribution in [2.45, 2.75) is 71.1 Å². The highest BCUT2D eigenvalue weighted by Crippen LogP contribution is 2.30. The van der Waals surface area contributed by atoms with E-state index in [0.717, 1.165) is 0 Å². The Morgan fingerprint density at radius 3 is 2.47 bits per heavy atom. The summed E-state index contributed by atoms with van der Waals surface area (Å²) < 4.78 is 0. The van der Waals surface area contributed by atoms with Gasteiger partial charge >= 0.3 is 0 Å². The molecule has 0 heteroatoms. The van der Waals surface area contributed by atoms with Gasteiger partial charge in [0.25, 0.3) is 0 Å². The minimum Gasteiger partial charge on any atom is -0.0956 e. The van der Waals surface area contributed by atoms with Crippen LogP contribution in [0.3, 0.4) is 0 Å². The molecule has 0 radical (unpaired) electrons. The van der Waals surface area contributed by atoms with Crippen LogP contribution in [-0.4, -0.2) is 0 Å². The number of rotatable bonds is 2. The predicted molar refractivity (Wildman–Crippen MR) is 76.1 cm³/mol. The predicted octanol–water partition coefficient (Wildman–Crippen LogP) is 5.71. The molecule has 17 heavy (non-hydrogen) atoms. The molecule has 0 spiro atoms. The van der Waals surface area contributed by atoms with Crippen LogP contribution in [0.2, 0.25) is 0 Å². The van der Waals surface area contributed by atoms with Gasteiger partial charge in [-0.25, -0.2) is 0 Å². The normalized spacial score (nSPS) is 25.2. The molecule has 0 amide bonds. The van der Waals surface area contributed by atoms with E-state index in [2.05, 4.69) is 19.6 Å². The maximum absolute atomic E-state index is 4.25. The lowest BCUT2D eigenvalue weighted by Crippen LogP contribution is -1.97. The molecule has 0 nitrogen and oxygen atoms in total. The maximum atomic E-state index is 4.25. The lowest BCUT2D eigenvalue weighted by molar-refractivity contribution is 0.661. The molecule has 0 aromatic heterocycles. The summed E-state index contributed by atoms with van der Waals surface area (Å²) in [6.45, 7) is 6.58. The topological polar surface area (TPSA) is 0 Å². The maximum Gasteiger partial charge on any atom is -0.0130 e. The summed E-state index contributed by atoms with van der Waals surface area (Å²) in [4.78, 5) is 0. The summed E-state index contributed by atoms with van der Waals surface area (Å²) in [7, 11) is 0. The zero-order valence-corrected chi connectivity index (χ0v) is 11.4. The molecule has 1 fully saturated rings. The summed E-state index contributed by atoms with van der Waals surface area (Å²) in [5.41, 5.74) is 6.35. The highest BCUT2D eigenvalue weighted by Gasteiger charge is 2.10. The fourth-order valence-electron chi connectivity index (χ4n) is 3.06. The van der Waals surface area contributed by atoms with E-state index in [-0.39, 0.29) is 0 Å². The van der Waals surface area contributed by atoms with Gasteiger partial charge in [-0.05, 0) is 70.3 Å². The number of allylic oxidation sites excluding steroid dienone is 5. The molecule has 0 bridgehead atoms. The number of hydrogen-bond donors (Lipinski definition) is 0. The molecule has 2 aliphatic carbocycles. The smallest absolute Gasteiger partial charge is 0.0130 e. The first-order chi connectivity index (χ1) is 8.27. The molecule has 0 aliphatic heterocycles. The third-order valence-corrected chi connectivity index (χ3v) is 4.36. The van der Waals surface area contributed by atoms with E-state index in [1.54, 1.807) is 16.7 Å². The zero-order valence-electron chi connectivity index (χ0n) is 11.4. The standard InChI is InChI=1S/C17H26/c1-14-8-4-3-5-10-16(14)12-13-17-11-7-6-9-15(17)2/h12H,1,3-11,13H2,2H3. The van der Waals surface area contributed by atoms with Crippen LogP contribution in [0.1, 0.15) is 71.1 Å². The van der Waals surface area contributed by atoms with Crippen molar-refractivity contribution in [3.63, 3.8) is 0 Å². The summed E-state index contributed by atoms with van der Waals surface area (Å²) in [5, 5.41) is 0. The highest BCUT2D eigenvalue weighted by molar-refractivity contribution is 5.31. The van der Waals surface area contributed by atoms with Crippen LogP contribution in [0.25, 0.3) is 0 Å². The van der Waals surface area contributed by atoms with Gasteiger partial charge in [-0.1, -0.05) is 35.8 Å². The van der Waals surface area contributed by atoms with Crippen molar-refractivity contribution in [1.29, 1.82) is 0 Å². The highest BCUT2D eigenvalue weighted by atomic mass is 14.2. The monoisotopic (exact) mass is 230 g/mol. The van der Waals surface area contributed by atoms with Crippen molar-refractivity contribution in [2.24, 2.45) is 0 Å². The van der Waals surface area contributed by atoms with Crippen LogP contribution in [-0.2, 0) is 0 Å². The van der Waals surface area contributed by atoms with E-state index in [9.17, 15) is 0 Å². The number of hydrogen-bond acceptors (Lipinski definition) is 0. The van der Waals surface area contributed by atoms with Crippen LogP contribution in [0.4, 0.5) is 0 Å². The molecule has 0 heterocycles. The minimum atomic E-state index is 1.19. The molecule has 2 rings (SSSR count). The van der Waals surface area contributed by atoms with Crippen LogP contribution in [0, 0.1) is 0 Å². The van der Waals surface area contributed by atoms with E-state index >= 15 is 0 Å². The molecule has 0 aromatic carbocycles. The van der Waals surface area contributed by atoms with E-state index < -0.39 is 0 Å². The van der Waals surface area contributed by atoms with Crippen molar-refractivity contribution in [3.05, 3.63) is 34.9 Å². The summed E-state index contributed by atoms with van der Waals surface area (Å²) in [6.07, 6.45) is 15.7. The third-order valence-electron chi connectivity index (χ3n) is 4.36. The molecule has 1 saturated carbocycles. The fourth-order valence-corrected chi connectivity index (χ4v) is 3.06. The van der Waals surface area contributed by atoms with Gasteiger partial charge in [0.1, 0.15) is 0 Å². The Morgan fingerprint density at radius 1 is 0.941 bits per heavy atom. The largest absolute Gasteiger partial charge is 0.0956 e. The van der Waals surface area contributed by atoms with Gasteiger partial charge < -0.3 is 0 Å². The molecule has 0 unspecified atom stereocenters. The van der Waals surface area contributed by atoms with Crippen LogP contribution in [0.5, 0.6) is 0 Å². The van der Waals surface area contributed by atoms with E-state index in [1.165, 1.54) is 69.8 Å². The second-order valence-electron chi connectivity index (χ2n) is 5.69. The molecular formula is C17H26. The van der Waals surface area contributed by atoms with Gasteiger partial charge in [0.15, 0.2) is 0 Å². The SMILES string of the molecule is C=C1CCCCCC1=CCC1=C(C)CCCC1. The van der Waals surface area contributed by atoms with Gasteiger partial charge in [0.05, 0.1) is 0 Å². The van der Waals surface area contributed by atoms with Crippen LogP contribution < -0.4 is 0 Å².